The molecule has 1 amide bonds. The molecule has 0 aliphatic carbocycles. The van der Waals surface area contributed by atoms with E-state index in [4.69, 9.17) is 0 Å². The minimum absolute atomic E-state index is 0.0698. The molecule has 0 radical (unpaired) electrons. The molecule has 3 aromatic carbocycles. The van der Waals surface area contributed by atoms with Gasteiger partial charge in [0.25, 0.3) is 5.91 Å². The molecule has 35 heavy (non-hydrogen) atoms. The van der Waals surface area contributed by atoms with Crippen molar-refractivity contribution in [1.29, 1.82) is 0 Å². The third-order valence-corrected chi connectivity index (χ3v) is 6.85. The molecule has 6 nitrogen and oxygen atoms in total. The van der Waals surface area contributed by atoms with Crippen molar-refractivity contribution in [3.05, 3.63) is 78.4 Å². The Morgan fingerprint density at radius 1 is 0.886 bits per heavy atom. The lowest BCUT2D eigenvalue weighted by molar-refractivity contribution is -0.274. The summed E-state index contributed by atoms with van der Waals surface area (Å²) in [6, 6.07) is 19.4. The highest BCUT2D eigenvalue weighted by Gasteiger charge is 2.31. The fraction of sp³-hybridized carbons (Fsp3) is 0.240. The van der Waals surface area contributed by atoms with Crippen LogP contribution in [0.15, 0.2) is 77.7 Å². The first-order chi connectivity index (χ1) is 16.5. The van der Waals surface area contributed by atoms with Crippen LogP contribution >= 0.6 is 0 Å². The van der Waals surface area contributed by atoms with Gasteiger partial charge in [-0.25, -0.2) is 8.42 Å². The van der Waals surface area contributed by atoms with E-state index in [9.17, 15) is 26.4 Å². The summed E-state index contributed by atoms with van der Waals surface area (Å²) < 4.78 is 65.3. The molecule has 1 saturated heterocycles. The predicted molar refractivity (Wildman–Crippen MR) is 126 cm³/mol. The number of hydrogen-bond acceptors (Lipinski definition) is 5. The van der Waals surface area contributed by atoms with Gasteiger partial charge in [0.1, 0.15) is 5.75 Å². The van der Waals surface area contributed by atoms with Gasteiger partial charge in [-0.15, -0.1) is 13.2 Å². The van der Waals surface area contributed by atoms with Crippen molar-refractivity contribution in [2.75, 3.05) is 37.3 Å². The summed E-state index contributed by atoms with van der Waals surface area (Å²) in [6.07, 6.45) is -3.65. The van der Waals surface area contributed by atoms with Crippen LogP contribution in [0.1, 0.15) is 10.4 Å². The zero-order valence-corrected chi connectivity index (χ0v) is 19.6. The van der Waals surface area contributed by atoms with Crippen LogP contribution in [0.4, 0.5) is 18.9 Å². The van der Waals surface area contributed by atoms with Crippen molar-refractivity contribution in [3.63, 3.8) is 0 Å². The van der Waals surface area contributed by atoms with E-state index in [0.29, 0.717) is 37.3 Å². The number of benzene rings is 3. The molecule has 0 unspecified atom stereocenters. The smallest absolute Gasteiger partial charge is 0.406 e. The molecule has 0 aromatic heterocycles. The van der Waals surface area contributed by atoms with Gasteiger partial charge in [-0.3, -0.25) is 4.79 Å². The average molecular weight is 505 g/mol. The van der Waals surface area contributed by atoms with Crippen molar-refractivity contribution in [2.45, 2.75) is 11.3 Å². The maximum absolute atomic E-state index is 13.5. The minimum atomic E-state index is -4.75. The highest BCUT2D eigenvalue weighted by atomic mass is 32.2. The molecule has 0 spiro atoms. The fourth-order valence-electron chi connectivity index (χ4n) is 4.00. The normalized spacial score (nSPS) is 14.6. The van der Waals surface area contributed by atoms with Gasteiger partial charge in [0, 0.05) is 43.7 Å². The second-order valence-electron chi connectivity index (χ2n) is 8.17. The lowest BCUT2D eigenvalue weighted by Crippen LogP contribution is -2.48. The molecule has 0 atom stereocenters. The van der Waals surface area contributed by atoms with Crippen LogP contribution in [0.25, 0.3) is 11.1 Å². The number of hydrogen-bond donors (Lipinski definition) is 0. The molecule has 1 aliphatic heterocycles. The summed E-state index contributed by atoms with van der Waals surface area (Å²) >= 11 is 0. The van der Waals surface area contributed by atoms with E-state index in [2.05, 4.69) is 4.74 Å². The van der Waals surface area contributed by atoms with Crippen molar-refractivity contribution in [3.8, 4) is 16.9 Å². The van der Waals surface area contributed by atoms with Crippen LogP contribution in [0.5, 0.6) is 5.75 Å². The SMILES string of the molecule is CS(=O)(=O)c1ccc(-c2ccccc2)c(C(=O)N2CCN(c3ccc(OC(F)(F)F)cc3)CC2)c1. The Hall–Kier alpha value is -3.53. The molecule has 0 bridgehead atoms. The Morgan fingerprint density at radius 2 is 1.51 bits per heavy atom. The second-order valence-corrected chi connectivity index (χ2v) is 10.2. The number of alkyl halides is 3. The minimum Gasteiger partial charge on any atom is -0.406 e. The molecule has 1 fully saturated rings. The molecule has 1 aliphatic rings. The zero-order valence-electron chi connectivity index (χ0n) is 18.8. The first-order valence-electron chi connectivity index (χ1n) is 10.8. The fourth-order valence-corrected chi connectivity index (χ4v) is 4.64. The molecule has 3 aromatic rings. The van der Waals surface area contributed by atoms with E-state index >= 15 is 0 Å². The van der Waals surface area contributed by atoms with Crippen molar-refractivity contribution < 1.29 is 31.1 Å². The summed E-state index contributed by atoms with van der Waals surface area (Å²) in [5.74, 6) is -0.572. The Labute approximate surface area is 201 Å². The number of anilines is 1. The topological polar surface area (TPSA) is 66.9 Å². The largest absolute Gasteiger partial charge is 0.573 e. The first-order valence-corrected chi connectivity index (χ1v) is 12.7. The van der Waals surface area contributed by atoms with Crippen LogP contribution in [0.2, 0.25) is 0 Å². The van der Waals surface area contributed by atoms with Gasteiger partial charge < -0.3 is 14.5 Å². The second kappa shape index (κ2) is 9.61. The van der Waals surface area contributed by atoms with E-state index < -0.39 is 16.2 Å². The monoisotopic (exact) mass is 504 g/mol. The molecular weight excluding hydrogens is 481 g/mol. The number of ether oxygens (including phenoxy) is 1. The zero-order chi connectivity index (χ0) is 25.2. The van der Waals surface area contributed by atoms with Crippen molar-refractivity contribution in [2.24, 2.45) is 0 Å². The number of amides is 1. The highest BCUT2D eigenvalue weighted by molar-refractivity contribution is 7.90. The molecule has 0 saturated carbocycles. The van der Waals surface area contributed by atoms with Gasteiger partial charge in [0.15, 0.2) is 9.84 Å². The Bertz CT molecular complexity index is 1300. The van der Waals surface area contributed by atoms with E-state index in [0.717, 1.165) is 17.5 Å². The Morgan fingerprint density at radius 3 is 2.09 bits per heavy atom. The molecule has 184 valence electrons. The van der Waals surface area contributed by atoms with E-state index in [1.165, 1.54) is 24.3 Å². The number of nitrogens with zero attached hydrogens (tertiary/aromatic N) is 2. The molecule has 0 N–H and O–H groups in total. The number of rotatable bonds is 5. The quantitative estimate of drug-likeness (QED) is 0.508. The maximum atomic E-state index is 13.5. The van der Waals surface area contributed by atoms with Crippen LogP contribution in [0, 0.1) is 0 Å². The lowest BCUT2D eigenvalue weighted by Gasteiger charge is -2.36. The predicted octanol–water partition coefficient (Wildman–Crippen LogP) is 4.62. The van der Waals surface area contributed by atoms with Gasteiger partial charge in [-0.1, -0.05) is 36.4 Å². The van der Waals surface area contributed by atoms with Crippen LogP contribution in [-0.2, 0) is 9.84 Å². The maximum Gasteiger partial charge on any atom is 0.573 e. The van der Waals surface area contributed by atoms with Crippen molar-refractivity contribution >= 4 is 21.4 Å². The average Bonchev–Trinajstić information content (AvgIpc) is 2.83. The molecular formula is C25H23F3N2O4S. The third kappa shape index (κ3) is 5.94. The van der Waals surface area contributed by atoms with Crippen LogP contribution in [-0.4, -0.2) is 58.0 Å². The van der Waals surface area contributed by atoms with Crippen molar-refractivity contribution in [1.82, 2.24) is 4.90 Å². The van der Waals surface area contributed by atoms with Gasteiger partial charge in [-0.2, -0.15) is 0 Å². The third-order valence-electron chi connectivity index (χ3n) is 5.74. The summed E-state index contributed by atoms with van der Waals surface area (Å²) in [4.78, 5) is 17.2. The summed E-state index contributed by atoms with van der Waals surface area (Å²) in [5, 5.41) is 0. The first kappa shape index (κ1) is 24.6. The standard InChI is InChI=1S/C25H23F3N2O4S/c1-35(32,33)21-11-12-22(18-5-3-2-4-6-18)23(17-21)24(31)30-15-13-29(14-16-30)19-7-9-20(10-8-19)34-25(26,27)28/h2-12,17H,13-16H2,1H3. The Kier molecular flexibility index (Phi) is 6.75. The number of carbonyl (C=O) groups excluding carboxylic acids is 1. The lowest BCUT2D eigenvalue weighted by atomic mass is 9.98. The molecule has 4 rings (SSSR count). The molecule has 1 heterocycles. The van der Waals surface area contributed by atoms with Gasteiger partial charge in [0.05, 0.1) is 4.90 Å². The summed E-state index contributed by atoms with van der Waals surface area (Å²) in [7, 11) is -3.51. The van der Waals surface area contributed by atoms with Crippen LogP contribution in [0.3, 0.4) is 0 Å². The summed E-state index contributed by atoms with van der Waals surface area (Å²) in [6.45, 7) is 1.68. The number of sulfone groups is 1. The van der Waals surface area contributed by atoms with E-state index in [1.807, 2.05) is 35.2 Å². The highest BCUT2D eigenvalue weighted by Crippen LogP contribution is 2.29. The van der Waals surface area contributed by atoms with Gasteiger partial charge in [0.2, 0.25) is 0 Å². The van der Waals surface area contributed by atoms with E-state index in [-0.39, 0.29) is 16.6 Å². The van der Waals surface area contributed by atoms with Crippen LogP contribution < -0.4 is 9.64 Å². The number of piperazine rings is 1. The number of halogens is 3. The van der Waals surface area contributed by atoms with Gasteiger partial charge >= 0.3 is 6.36 Å². The summed E-state index contributed by atoms with van der Waals surface area (Å²) in [5.41, 5.74) is 2.47. The number of carbonyl (C=O) groups is 1. The Balaban J connectivity index is 1.52. The molecule has 10 heteroatoms. The van der Waals surface area contributed by atoms with Gasteiger partial charge in [-0.05, 0) is 47.5 Å². The van der Waals surface area contributed by atoms with E-state index in [1.54, 1.807) is 23.1 Å².